The zero-order valence-corrected chi connectivity index (χ0v) is 16.2. The number of nitrogens with one attached hydrogen (secondary N) is 1. The molecular formula is C24H35NO. The van der Waals surface area contributed by atoms with Crippen molar-refractivity contribution in [3.8, 4) is 0 Å². The van der Waals surface area contributed by atoms with Crippen molar-refractivity contribution >= 4 is 5.78 Å². The highest BCUT2D eigenvalue weighted by molar-refractivity contribution is 5.92. The van der Waals surface area contributed by atoms with Gasteiger partial charge >= 0.3 is 0 Å². The van der Waals surface area contributed by atoms with Gasteiger partial charge in [-0.1, -0.05) is 88.1 Å². The smallest absolute Gasteiger partial charge is 0.158 e. The molecule has 2 aliphatic rings. The molecule has 0 amide bonds. The van der Waals surface area contributed by atoms with E-state index in [1.54, 1.807) is 0 Å². The van der Waals surface area contributed by atoms with E-state index in [4.69, 9.17) is 0 Å². The molecule has 1 N–H and O–H groups in total. The monoisotopic (exact) mass is 353 g/mol. The number of ketones is 1. The number of benzene rings is 1. The molecular weight excluding hydrogens is 318 g/mol. The lowest BCUT2D eigenvalue weighted by molar-refractivity contribution is -0.115. The number of hydrogen-bond donors (Lipinski definition) is 1. The number of hydrogen-bond acceptors (Lipinski definition) is 2. The lowest BCUT2D eigenvalue weighted by Crippen LogP contribution is -2.31. The van der Waals surface area contributed by atoms with Crippen LogP contribution in [-0.4, -0.2) is 11.8 Å². The van der Waals surface area contributed by atoms with E-state index in [1.807, 2.05) is 12.1 Å². The Labute approximate surface area is 159 Å². The largest absolute Gasteiger partial charge is 0.385 e. The molecule has 1 aromatic rings. The van der Waals surface area contributed by atoms with Gasteiger partial charge in [0.25, 0.3) is 0 Å². The van der Waals surface area contributed by atoms with Crippen LogP contribution in [0.5, 0.6) is 0 Å². The van der Waals surface area contributed by atoms with Gasteiger partial charge in [0.2, 0.25) is 0 Å². The Morgan fingerprint density at radius 2 is 1.31 bits per heavy atom. The molecule has 1 aromatic carbocycles. The second kappa shape index (κ2) is 10.5. The third kappa shape index (κ3) is 6.30. The summed E-state index contributed by atoms with van der Waals surface area (Å²) in [7, 11) is 0. The molecule has 0 saturated heterocycles. The van der Waals surface area contributed by atoms with E-state index in [0.29, 0.717) is 18.4 Å². The second-order valence-corrected chi connectivity index (χ2v) is 8.25. The van der Waals surface area contributed by atoms with E-state index in [9.17, 15) is 4.79 Å². The topological polar surface area (TPSA) is 29.1 Å². The Hall–Kier alpha value is -1.57. The summed E-state index contributed by atoms with van der Waals surface area (Å²) < 4.78 is 0. The van der Waals surface area contributed by atoms with E-state index in [2.05, 4.69) is 29.6 Å². The zero-order chi connectivity index (χ0) is 18.0. The third-order valence-electron chi connectivity index (χ3n) is 6.01. The minimum absolute atomic E-state index is 0.278. The van der Waals surface area contributed by atoms with Gasteiger partial charge in [-0.15, -0.1) is 0 Å². The molecule has 0 aromatic heterocycles. The molecule has 1 saturated carbocycles. The van der Waals surface area contributed by atoms with Crippen LogP contribution in [0, 0.1) is 0 Å². The van der Waals surface area contributed by atoms with Gasteiger partial charge in [0, 0.05) is 24.2 Å². The van der Waals surface area contributed by atoms with Crippen LogP contribution < -0.4 is 5.32 Å². The maximum atomic E-state index is 12.3. The molecule has 0 bridgehead atoms. The fraction of sp³-hybridized carbons (Fsp3) is 0.625. The zero-order valence-electron chi connectivity index (χ0n) is 16.2. The molecule has 0 radical (unpaired) electrons. The summed E-state index contributed by atoms with van der Waals surface area (Å²) in [5.74, 6) is 0.614. The second-order valence-electron chi connectivity index (χ2n) is 8.25. The molecule has 0 aliphatic heterocycles. The SMILES string of the molecule is O=C1C=C(NC2CCCCCCCCCCC2)CC(c2ccccc2)C1. The van der Waals surface area contributed by atoms with E-state index < -0.39 is 0 Å². The summed E-state index contributed by atoms with van der Waals surface area (Å²) in [4.78, 5) is 12.3. The lowest BCUT2D eigenvalue weighted by Gasteiger charge is -2.28. The van der Waals surface area contributed by atoms with Crippen molar-refractivity contribution in [2.24, 2.45) is 0 Å². The molecule has 0 spiro atoms. The van der Waals surface area contributed by atoms with Crippen LogP contribution in [0.1, 0.15) is 95.0 Å². The van der Waals surface area contributed by atoms with Gasteiger partial charge in [0.1, 0.15) is 0 Å². The summed E-state index contributed by atoms with van der Waals surface area (Å²) in [6.07, 6.45) is 18.4. The molecule has 142 valence electrons. The Bertz CT molecular complexity index is 565. The number of allylic oxidation sites excluding steroid dienone is 2. The first kappa shape index (κ1) is 19.2. The van der Waals surface area contributed by atoms with Crippen molar-refractivity contribution in [2.45, 2.75) is 95.4 Å². The normalized spacial score (nSPS) is 24.2. The highest BCUT2D eigenvalue weighted by Gasteiger charge is 2.23. The van der Waals surface area contributed by atoms with Gasteiger partial charge in [-0.25, -0.2) is 0 Å². The fourth-order valence-electron chi connectivity index (χ4n) is 4.52. The van der Waals surface area contributed by atoms with Crippen LogP contribution in [0.25, 0.3) is 0 Å². The number of carbonyl (C=O) groups is 1. The van der Waals surface area contributed by atoms with E-state index >= 15 is 0 Å². The van der Waals surface area contributed by atoms with Crippen molar-refractivity contribution in [3.63, 3.8) is 0 Å². The number of rotatable bonds is 3. The summed E-state index contributed by atoms with van der Waals surface area (Å²) in [5.41, 5.74) is 2.47. The standard InChI is InChI=1S/C24H35NO/c26-24-18-21(20-13-9-8-10-14-20)17-23(19-24)25-22-15-11-6-4-2-1-3-5-7-12-16-22/h8-10,13-14,19,21-22,25H,1-7,11-12,15-18H2. The summed E-state index contributed by atoms with van der Waals surface area (Å²) >= 11 is 0. The first-order valence-corrected chi connectivity index (χ1v) is 10.9. The molecule has 0 heterocycles. The van der Waals surface area contributed by atoms with Crippen LogP contribution in [0.2, 0.25) is 0 Å². The summed E-state index contributed by atoms with van der Waals surface area (Å²) in [5, 5.41) is 3.78. The fourth-order valence-corrected chi connectivity index (χ4v) is 4.52. The Kier molecular flexibility index (Phi) is 7.79. The van der Waals surface area contributed by atoms with Crippen molar-refractivity contribution < 1.29 is 4.79 Å². The molecule has 1 fully saturated rings. The van der Waals surface area contributed by atoms with Crippen molar-refractivity contribution in [1.82, 2.24) is 5.32 Å². The van der Waals surface area contributed by atoms with E-state index in [0.717, 1.165) is 6.42 Å². The van der Waals surface area contributed by atoms with Gasteiger partial charge in [0.15, 0.2) is 5.78 Å². The maximum absolute atomic E-state index is 12.3. The maximum Gasteiger partial charge on any atom is 0.158 e. The minimum atomic E-state index is 0.278. The average Bonchev–Trinajstić information content (AvgIpc) is 2.64. The van der Waals surface area contributed by atoms with Crippen LogP contribution in [0.15, 0.2) is 42.1 Å². The molecule has 3 rings (SSSR count). The molecule has 2 heteroatoms. The van der Waals surface area contributed by atoms with Crippen LogP contribution in [-0.2, 0) is 4.79 Å². The minimum Gasteiger partial charge on any atom is -0.385 e. The Morgan fingerprint density at radius 3 is 1.92 bits per heavy atom. The summed E-state index contributed by atoms with van der Waals surface area (Å²) in [6.45, 7) is 0. The van der Waals surface area contributed by atoms with Crippen LogP contribution in [0.4, 0.5) is 0 Å². The predicted molar refractivity (Wildman–Crippen MR) is 109 cm³/mol. The lowest BCUT2D eigenvalue weighted by atomic mass is 9.85. The highest BCUT2D eigenvalue weighted by Crippen LogP contribution is 2.31. The summed E-state index contributed by atoms with van der Waals surface area (Å²) in [6, 6.07) is 11.1. The van der Waals surface area contributed by atoms with E-state index in [-0.39, 0.29) is 5.78 Å². The van der Waals surface area contributed by atoms with Crippen molar-refractivity contribution in [1.29, 1.82) is 0 Å². The number of carbonyl (C=O) groups excluding carboxylic acids is 1. The van der Waals surface area contributed by atoms with Gasteiger partial charge < -0.3 is 5.32 Å². The van der Waals surface area contributed by atoms with Gasteiger partial charge in [-0.3, -0.25) is 4.79 Å². The predicted octanol–water partition coefficient (Wildman–Crippen LogP) is 6.28. The highest BCUT2D eigenvalue weighted by atomic mass is 16.1. The Morgan fingerprint density at radius 1 is 0.731 bits per heavy atom. The van der Waals surface area contributed by atoms with Gasteiger partial charge in [-0.2, -0.15) is 0 Å². The average molecular weight is 354 g/mol. The molecule has 1 unspecified atom stereocenters. The molecule has 2 nitrogen and oxygen atoms in total. The van der Waals surface area contributed by atoms with Crippen molar-refractivity contribution in [3.05, 3.63) is 47.7 Å². The van der Waals surface area contributed by atoms with Gasteiger partial charge in [0.05, 0.1) is 0 Å². The first-order valence-electron chi connectivity index (χ1n) is 10.9. The molecule has 1 atom stereocenters. The van der Waals surface area contributed by atoms with Crippen LogP contribution >= 0.6 is 0 Å². The third-order valence-corrected chi connectivity index (χ3v) is 6.01. The first-order chi connectivity index (χ1) is 12.8. The molecule has 2 aliphatic carbocycles. The molecule has 26 heavy (non-hydrogen) atoms. The Balaban J connectivity index is 1.58. The van der Waals surface area contributed by atoms with E-state index in [1.165, 1.54) is 81.9 Å². The van der Waals surface area contributed by atoms with Crippen molar-refractivity contribution in [2.75, 3.05) is 0 Å². The van der Waals surface area contributed by atoms with Crippen LogP contribution in [0.3, 0.4) is 0 Å². The van der Waals surface area contributed by atoms with Gasteiger partial charge in [-0.05, 0) is 30.7 Å². The quantitative estimate of drug-likeness (QED) is 0.693.